The standard InChI is InChI=1S/C20H22N3O4S/c1-28(2)9-8-27-13-22-18-17(4-3-7-21-18)20(19(22)24)11-14-5-6-16(23(25)26)10-15(14)12-20/h3-7,10H,8-9,11-13H2,1-2H3/q+1. The second-order valence-corrected chi connectivity index (χ2v) is 9.86. The largest absolute Gasteiger partial charge is 0.356 e. The molecule has 1 aromatic heterocycles. The first-order chi connectivity index (χ1) is 13.4. The number of hydrogen-bond acceptors (Lipinski definition) is 5. The third-order valence-electron chi connectivity index (χ3n) is 5.45. The van der Waals surface area contributed by atoms with E-state index in [1.807, 2.05) is 12.1 Å². The van der Waals surface area contributed by atoms with Gasteiger partial charge in [-0.2, -0.15) is 0 Å². The van der Waals surface area contributed by atoms with Gasteiger partial charge in [-0.05, 0) is 40.9 Å². The van der Waals surface area contributed by atoms with Crippen LogP contribution in [0.1, 0.15) is 16.7 Å². The molecule has 0 bridgehead atoms. The van der Waals surface area contributed by atoms with Gasteiger partial charge in [0.1, 0.15) is 18.3 Å². The number of amides is 1. The van der Waals surface area contributed by atoms with E-state index in [-0.39, 0.29) is 29.2 Å². The molecule has 7 nitrogen and oxygen atoms in total. The van der Waals surface area contributed by atoms with Crippen LogP contribution in [0.4, 0.5) is 11.5 Å². The van der Waals surface area contributed by atoms with Crippen LogP contribution in [0, 0.1) is 10.1 Å². The van der Waals surface area contributed by atoms with Crippen molar-refractivity contribution in [2.45, 2.75) is 18.3 Å². The van der Waals surface area contributed by atoms with Crippen molar-refractivity contribution >= 4 is 28.3 Å². The van der Waals surface area contributed by atoms with E-state index in [9.17, 15) is 14.9 Å². The lowest BCUT2D eigenvalue weighted by atomic mass is 9.79. The number of nitro benzene ring substituents is 1. The summed E-state index contributed by atoms with van der Waals surface area (Å²) in [6, 6.07) is 8.65. The van der Waals surface area contributed by atoms with E-state index in [0.29, 0.717) is 25.3 Å². The predicted octanol–water partition coefficient (Wildman–Crippen LogP) is 2.22. The number of non-ortho nitro benzene ring substituents is 1. The van der Waals surface area contributed by atoms with Gasteiger partial charge in [0.2, 0.25) is 5.91 Å². The van der Waals surface area contributed by atoms with E-state index in [2.05, 4.69) is 17.5 Å². The van der Waals surface area contributed by atoms with Crippen molar-refractivity contribution in [3.63, 3.8) is 0 Å². The molecule has 1 atom stereocenters. The third-order valence-corrected chi connectivity index (χ3v) is 6.44. The van der Waals surface area contributed by atoms with Gasteiger partial charge in [0.15, 0.2) is 0 Å². The van der Waals surface area contributed by atoms with Gasteiger partial charge in [-0.1, -0.05) is 12.1 Å². The van der Waals surface area contributed by atoms with Gasteiger partial charge in [-0.25, -0.2) is 4.98 Å². The predicted molar refractivity (Wildman–Crippen MR) is 109 cm³/mol. The smallest absolute Gasteiger partial charge is 0.269 e. The highest BCUT2D eigenvalue weighted by Crippen LogP contribution is 2.49. The average Bonchev–Trinajstić information content (AvgIpc) is 3.16. The highest BCUT2D eigenvalue weighted by molar-refractivity contribution is 7.95. The SMILES string of the molecule is C[S+](C)CCOCN1C(=O)C2(Cc3ccc([N+](=O)[O-])cc3C2)c2cccnc21. The van der Waals surface area contributed by atoms with Gasteiger partial charge in [0, 0.05) is 23.9 Å². The molecular formula is C20H22N3O4S+. The van der Waals surface area contributed by atoms with E-state index >= 15 is 0 Å². The summed E-state index contributed by atoms with van der Waals surface area (Å²) in [5.41, 5.74) is 2.04. The monoisotopic (exact) mass is 400 g/mol. The lowest BCUT2D eigenvalue weighted by molar-refractivity contribution is -0.384. The van der Waals surface area contributed by atoms with Crippen LogP contribution in [0.15, 0.2) is 36.5 Å². The first-order valence-electron chi connectivity index (χ1n) is 9.08. The molecule has 0 fully saturated rings. The minimum atomic E-state index is -0.746. The van der Waals surface area contributed by atoms with Crippen LogP contribution >= 0.6 is 0 Å². The maximum atomic E-state index is 13.5. The molecule has 1 amide bonds. The third kappa shape index (κ3) is 3.06. The summed E-state index contributed by atoms with van der Waals surface area (Å²) in [5.74, 6) is 1.56. The zero-order valence-electron chi connectivity index (χ0n) is 15.9. The number of benzene rings is 1. The number of carbonyl (C=O) groups is 1. The normalized spacial score (nSPS) is 20.1. The van der Waals surface area contributed by atoms with Crippen molar-refractivity contribution in [3.05, 3.63) is 63.3 Å². The minimum Gasteiger partial charge on any atom is -0.356 e. The molecule has 2 heterocycles. The second kappa shape index (κ2) is 7.18. The summed E-state index contributed by atoms with van der Waals surface area (Å²) in [4.78, 5) is 30.3. The number of nitrogens with zero attached hydrogens (tertiary/aromatic N) is 3. The zero-order valence-corrected chi connectivity index (χ0v) is 16.7. The molecule has 1 aliphatic carbocycles. The number of aromatic nitrogens is 1. The Bertz CT molecular complexity index is 949. The van der Waals surface area contributed by atoms with Gasteiger partial charge in [-0.3, -0.25) is 19.8 Å². The second-order valence-electron chi connectivity index (χ2n) is 7.48. The van der Waals surface area contributed by atoms with E-state index < -0.39 is 10.3 Å². The Balaban J connectivity index is 1.63. The van der Waals surface area contributed by atoms with Crippen molar-refractivity contribution in [1.82, 2.24) is 4.98 Å². The van der Waals surface area contributed by atoms with E-state index in [0.717, 1.165) is 22.4 Å². The molecule has 2 aliphatic rings. The van der Waals surface area contributed by atoms with Crippen molar-refractivity contribution < 1.29 is 14.5 Å². The van der Waals surface area contributed by atoms with Crippen LogP contribution in [0.3, 0.4) is 0 Å². The molecule has 2 aromatic rings. The molecule has 8 heteroatoms. The summed E-state index contributed by atoms with van der Waals surface area (Å²) < 4.78 is 5.77. The summed E-state index contributed by atoms with van der Waals surface area (Å²) in [5, 5.41) is 11.1. The van der Waals surface area contributed by atoms with Crippen molar-refractivity contribution in [1.29, 1.82) is 0 Å². The molecule has 1 aromatic carbocycles. The molecule has 1 spiro atoms. The first-order valence-corrected chi connectivity index (χ1v) is 11.3. The number of fused-ring (bicyclic) bond motifs is 3. The minimum absolute atomic E-state index is 0.0351. The number of nitro groups is 1. The van der Waals surface area contributed by atoms with Crippen LogP contribution in [0.5, 0.6) is 0 Å². The van der Waals surface area contributed by atoms with Gasteiger partial charge in [-0.15, -0.1) is 0 Å². The molecule has 0 N–H and O–H groups in total. The van der Waals surface area contributed by atoms with Crippen LogP contribution in [0.25, 0.3) is 0 Å². The summed E-state index contributed by atoms with van der Waals surface area (Å²) in [6.07, 6.45) is 6.98. The topological polar surface area (TPSA) is 85.6 Å². The number of hydrogen-bond donors (Lipinski definition) is 0. The Kier molecular flexibility index (Phi) is 4.84. The van der Waals surface area contributed by atoms with E-state index in [4.69, 9.17) is 4.74 Å². The Hall–Kier alpha value is -2.45. The Morgan fingerprint density at radius 2 is 2.07 bits per heavy atom. The van der Waals surface area contributed by atoms with Crippen molar-refractivity contribution in [3.8, 4) is 0 Å². The Labute approximate surface area is 166 Å². The quantitative estimate of drug-likeness (QED) is 0.321. The molecule has 1 aliphatic heterocycles. The number of pyridine rings is 1. The maximum absolute atomic E-state index is 13.5. The van der Waals surface area contributed by atoms with Crippen LogP contribution < -0.4 is 4.90 Å². The highest BCUT2D eigenvalue weighted by atomic mass is 32.2. The summed E-state index contributed by atoms with van der Waals surface area (Å²) in [7, 11) is 0.287. The number of rotatable bonds is 6. The lowest BCUT2D eigenvalue weighted by Gasteiger charge is -2.23. The highest BCUT2D eigenvalue weighted by Gasteiger charge is 2.54. The van der Waals surface area contributed by atoms with Crippen LogP contribution in [0.2, 0.25) is 0 Å². The van der Waals surface area contributed by atoms with Gasteiger partial charge in [0.25, 0.3) is 5.69 Å². The Morgan fingerprint density at radius 3 is 2.82 bits per heavy atom. The summed E-state index contributed by atoms with van der Waals surface area (Å²) in [6.45, 7) is 0.778. The van der Waals surface area contributed by atoms with Crippen LogP contribution in [-0.2, 0) is 38.7 Å². The molecule has 4 rings (SSSR count). The fraction of sp³-hybridized carbons (Fsp3) is 0.400. The lowest BCUT2D eigenvalue weighted by Crippen LogP contribution is -2.42. The molecule has 28 heavy (non-hydrogen) atoms. The average molecular weight is 400 g/mol. The molecule has 0 saturated heterocycles. The van der Waals surface area contributed by atoms with Crippen molar-refractivity contribution in [2.24, 2.45) is 0 Å². The van der Waals surface area contributed by atoms with E-state index in [1.165, 1.54) is 6.07 Å². The van der Waals surface area contributed by atoms with E-state index in [1.54, 1.807) is 23.2 Å². The van der Waals surface area contributed by atoms with Gasteiger partial charge < -0.3 is 4.74 Å². The van der Waals surface area contributed by atoms with Crippen LogP contribution in [-0.4, -0.2) is 47.4 Å². The zero-order chi connectivity index (χ0) is 19.9. The molecular weight excluding hydrogens is 378 g/mol. The number of anilines is 1. The Morgan fingerprint density at radius 1 is 1.29 bits per heavy atom. The van der Waals surface area contributed by atoms with Gasteiger partial charge in [0.05, 0.1) is 29.5 Å². The fourth-order valence-electron chi connectivity index (χ4n) is 4.07. The molecule has 0 radical (unpaired) electrons. The molecule has 146 valence electrons. The number of ether oxygens (including phenoxy) is 1. The van der Waals surface area contributed by atoms with Crippen molar-refractivity contribution in [2.75, 3.05) is 36.5 Å². The fourth-order valence-corrected chi connectivity index (χ4v) is 4.53. The molecule has 1 unspecified atom stereocenters. The van der Waals surface area contributed by atoms with Gasteiger partial charge >= 0.3 is 0 Å². The first kappa shape index (κ1) is 18.9. The maximum Gasteiger partial charge on any atom is 0.269 e. The number of carbonyl (C=O) groups excluding carboxylic acids is 1. The molecule has 0 saturated carbocycles. The summed E-state index contributed by atoms with van der Waals surface area (Å²) >= 11 is 0.